The Balaban J connectivity index is 1.77. The molecule has 2 saturated heterocycles. The van der Waals surface area contributed by atoms with Crippen LogP contribution < -0.4 is 5.32 Å². The zero-order chi connectivity index (χ0) is 56.0. The van der Waals surface area contributed by atoms with Crippen molar-refractivity contribution in [3.05, 3.63) is 72.9 Å². The van der Waals surface area contributed by atoms with E-state index in [1.165, 1.54) is 128 Å². The number of nitrogens with one attached hydrogen (secondary N) is 1. The summed E-state index contributed by atoms with van der Waals surface area (Å²) < 4.78 is 22.8. The monoisotopic (exact) mass is 1090 g/mol. The van der Waals surface area contributed by atoms with Gasteiger partial charge >= 0.3 is 0 Å². The molecule has 0 aromatic heterocycles. The molecule has 14 heteroatoms. The molecule has 446 valence electrons. The predicted octanol–water partition coefficient (Wildman–Crippen LogP) is 10.7. The third-order valence-electron chi connectivity index (χ3n) is 14.6. The number of carbonyl (C=O) groups excluding carboxylic acids is 1. The van der Waals surface area contributed by atoms with E-state index in [1.807, 2.05) is 6.08 Å². The van der Waals surface area contributed by atoms with E-state index >= 15 is 0 Å². The maximum absolute atomic E-state index is 13.3. The number of ether oxygens (including phenoxy) is 4. The van der Waals surface area contributed by atoms with E-state index in [4.69, 9.17) is 18.9 Å². The van der Waals surface area contributed by atoms with E-state index in [2.05, 4.69) is 79.9 Å². The molecule has 77 heavy (non-hydrogen) atoms. The van der Waals surface area contributed by atoms with Gasteiger partial charge in [0, 0.05) is 6.42 Å². The van der Waals surface area contributed by atoms with Crippen LogP contribution >= 0.6 is 0 Å². The third kappa shape index (κ3) is 33.7. The smallest absolute Gasteiger partial charge is 0.220 e. The van der Waals surface area contributed by atoms with Crippen molar-refractivity contribution in [2.75, 3.05) is 19.8 Å². The second-order valence-electron chi connectivity index (χ2n) is 21.4. The molecule has 2 heterocycles. The Hall–Kier alpha value is -2.57. The molecular weight excluding hydrogens is 979 g/mol. The van der Waals surface area contributed by atoms with E-state index in [9.17, 15) is 45.6 Å². The molecule has 0 saturated carbocycles. The average Bonchev–Trinajstić information content (AvgIpc) is 3.44. The Morgan fingerprint density at radius 1 is 0.481 bits per heavy atom. The van der Waals surface area contributed by atoms with Crippen LogP contribution in [-0.2, 0) is 23.7 Å². The van der Waals surface area contributed by atoms with Gasteiger partial charge in [-0.15, -0.1) is 0 Å². The summed E-state index contributed by atoms with van der Waals surface area (Å²) in [5.41, 5.74) is 0. The maximum Gasteiger partial charge on any atom is 0.220 e. The molecule has 1 amide bonds. The van der Waals surface area contributed by atoms with Gasteiger partial charge in [0.2, 0.25) is 5.91 Å². The van der Waals surface area contributed by atoms with E-state index in [0.717, 1.165) is 64.2 Å². The number of aliphatic hydroxyl groups is 8. The van der Waals surface area contributed by atoms with Gasteiger partial charge in [-0.3, -0.25) is 4.79 Å². The Kier molecular flexibility index (Phi) is 44.1. The number of hydrogen-bond donors (Lipinski definition) is 9. The molecule has 0 aliphatic carbocycles. The summed E-state index contributed by atoms with van der Waals surface area (Å²) >= 11 is 0. The third-order valence-corrected chi connectivity index (χ3v) is 14.6. The lowest BCUT2D eigenvalue weighted by molar-refractivity contribution is -0.359. The normalized spacial score (nSPS) is 25.2. The second-order valence-corrected chi connectivity index (χ2v) is 21.4. The standard InChI is InChI=1S/C63H111NO13/c1-3-5-7-9-11-13-15-17-19-21-23-25-26-27-29-31-33-35-37-39-41-43-45-47-55(68)64-51(52(67)46-44-42-40-38-36-34-32-30-28-24-22-20-18-16-14-12-10-8-6-4-2)50-74-62-60(73)58(71)61(54(49-66)76-62)77-63-59(72)57(70)56(69)53(48-65)75-63/h5,7,11,13,17,19,23,25,36,38,44,46,51-54,56-63,65-67,69-73H,3-4,6,8-10,12,14-16,18,20-22,24,26-35,37,39-43,45,47-50H2,1-2H3,(H,64,68)/b7-5-,13-11-,19-17-,25-23-,38-36+,46-44+. The van der Waals surface area contributed by atoms with Crippen molar-refractivity contribution in [2.24, 2.45) is 0 Å². The molecule has 0 radical (unpaired) electrons. The highest BCUT2D eigenvalue weighted by Crippen LogP contribution is 2.30. The van der Waals surface area contributed by atoms with Gasteiger partial charge < -0.3 is 65.1 Å². The highest BCUT2D eigenvalue weighted by Gasteiger charge is 2.51. The van der Waals surface area contributed by atoms with Gasteiger partial charge in [0.25, 0.3) is 0 Å². The van der Waals surface area contributed by atoms with Gasteiger partial charge in [0.1, 0.15) is 48.8 Å². The van der Waals surface area contributed by atoms with Crippen LogP contribution in [0.1, 0.15) is 226 Å². The number of allylic oxidation sites excluding steroid dienone is 11. The zero-order valence-electron chi connectivity index (χ0n) is 47.9. The molecule has 0 aromatic rings. The first kappa shape index (κ1) is 70.5. The molecule has 0 spiro atoms. The van der Waals surface area contributed by atoms with Crippen molar-refractivity contribution in [3.63, 3.8) is 0 Å². The second kappa shape index (κ2) is 48.2. The van der Waals surface area contributed by atoms with Gasteiger partial charge in [-0.2, -0.15) is 0 Å². The minimum Gasteiger partial charge on any atom is -0.394 e. The Morgan fingerprint density at radius 3 is 1.43 bits per heavy atom. The van der Waals surface area contributed by atoms with E-state index in [-0.39, 0.29) is 18.9 Å². The van der Waals surface area contributed by atoms with Crippen LogP contribution in [0.15, 0.2) is 72.9 Å². The maximum atomic E-state index is 13.3. The fraction of sp³-hybridized carbons (Fsp3) is 0.794. The molecule has 9 N–H and O–H groups in total. The zero-order valence-corrected chi connectivity index (χ0v) is 47.9. The lowest BCUT2D eigenvalue weighted by Crippen LogP contribution is -2.65. The first-order valence-electron chi connectivity index (χ1n) is 30.7. The first-order chi connectivity index (χ1) is 37.6. The number of aliphatic hydroxyl groups excluding tert-OH is 8. The molecule has 12 atom stereocenters. The van der Waals surface area contributed by atoms with Crippen LogP contribution in [0, 0.1) is 0 Å². The van der Waals surface area contributed by atoms with Gasteiger partial charge in [-0.1, -0.05) is 222 Å². The Labute approximate surface area is 466 Å². The average molecular weight is 1090 g/mol. The fourth-order valence-electron chi connectivity index (χ4n) is 9.71. The van der Waals surface area contributed by atoms with E-state index < -0.39 is 86.8 Å². The minimum absolute atomic E-state index is 0.255. The SMILES string of the molecule is CC/C=C\C/C=C\C/C=C\C/C=C\CCCCCCCCCCCCC(=O)NC(COC1OC(CO)C(OC2OC(CO)C(O)C(O)C2O)C(O)C1O)C(O)/C=C/CC/C=C/CCCCCCCCCCCCCCCC. The first-order valence-corrected chi connectivity index (χ1v) is 30.7. The molecular formula is C63H111NO13. The molecule has 2 aliphatic rings. The molecule has 2 rings (SSSR count). The molecule has 12 unspecified atom stereocenters. The summed E-state index contributed by atoms with van der Waals surface area (Å²) in [7, 11) is 0. The summed E-state index contributed by atoms with van der Waals surface area (Å²) in [6, 6.07) is -0.938. The summed E-state index contributed by atoms with van der Waals surface area (Å²) in [6.07, 6.45) is 46.5. The number of amides is 1. The van der Waals surface area contributed by atoms with Gasteiger partial charge in [0.05, 0.1) is 32.0 Å². The van der Waals surface area contributed by atoms with Crippen LogP contribution in [0.3, 0.4) is 0 Å². The summed E-state index contributed by atoms with van der Waals surface area (Å²) in [5, 5.41) is 87.1. The van der Waals surface area contributed by atoms with Crippen LogP contribution in [0.4, 0.5) is 0 Å². The van der Waals surface area contributed by atoms with Crippen molar-refractivity contribution in [1.82, 2.24) is 5.32 Å². The van der Waals surface area contributed by atoms with Crippen LogP contribution in [-0.4, -0.2) is 140 Å². The van der Waals surface area contributed by atoms with Gasteiger partial charge in [-0.05, 0) is 70.6 Å². The van der Waals surface area contributed by atoms with Crippen molar-refractivity contribution in [3.8, 4) is 0 Å². The van der Waals surface area contributed by atoms with Crippen molar-refractivity contribution in [1.29, 1.82) is 0 Å². The Morgan fingerprint density at radius 2 is 0.909 bits per heavy atom. The molecule has 2 fully saturated rings. The van der Waals surface area contributed by atoms with E-state index in [1.54, 1.807) is 6.08 Å². The van der Waals surface area contributed by atoms with Crippen LogP contribution in [0.5, 0.6) is 0 Å². The topological polar surface area (TPSA) is 228 Å². The number of rotatable bonds is 48. The summed E-state index contributed by atoms with van der Waals surface area (Å²) in [5.74, 6) is -0.255. The molecule has 14 nitrogen and oxygen atoms in total. The number of unbranched alkanes of at least 4 members (excludes halogenated alkanes) is 25. The number of hydrogen-bond acceptors (Lipinski definition) is 13. The predicted molar refractivity (Wildman–Crippen MR) is 309 cm³/mol. The number of carbonyl (C=O) groups is 1. The molecule has 2 aliphatic heterocycles. The van der Waals surface area contributed by atoms with Crippen LogP contribution in [0.25, 0.3) is 0 Å². The van der Waals surface area contributed by atoms with Crippen molar-refractivity contribution >= 4 is 5.91 Å². The lowest BCUT2D eigenvalue weighted by atomic mass is 9.97. The van der Waals surface area contributed by atoms with E-state index in [0.29, 0.717) is 12.8 Å². The summed E-state index contributed by atoms with van der Waals surface area (Å²) in [4.78, 5) is 13.3. The molecule has 0 aromatic carbocycles. The quantitative estimate of drug-likeness (QED) is 0.0204. The largest absolute Gasteiger partial charge is 0.394 e. The lowest BCUT2D eigenvalue weighted by Gasteiger charge is -2.46. The fourth-order valence-corrected chi connectivity index (χ4v) is 9.71. The van der Waals surface area contributed by atoms with Crippen molar-refractivity contribution < 1.29 is 64.6 Å². The van der Waals surface area contributed by atoms with Gasteiger partial charge in [0.15, 0.2) is 12.6 Å². The highest BCUT2D eigenvalue weighted by molar-refractivity contribution is 5.76. The minimum atomic E-state index is -1.79. The highest BCUT2D eigenvalue weighted by atomic mass is 16.7. The summed E-state index contributed by atoms with van der Waals surface area (Å²) in [6.45, 7) is 2.67. The Bertz CT molecular complexity index is 1570. The van der Waals surface area contributed by atoms with Gasteiger partial charge in [-0.25, -0.2) is 0 Å². The molecule has 0 bridgehead atoms. The van der Waals surface area contributed by atoms with Crippen LogP contribution in [0.2, 0.25) is 0 Å². The van der Waals surface area contributed by atoms with Crippen molar-refractivity contribution in [2.45, 2.75) is 299 Å².